The number of rotatable bonds is 5. The molecule has 0 saturated heterocycles. The molecule has 0 spiro atoms. The number of nitrogens with zero attached hydrogens (tertiary/aromatic N) is 2. The van der Waals surface area contributed by atoms with Crippen LogP contribution in [0.4, 0.5) is 0 Å². The molecule has 0 N–H and O–H groups in total. The number of carbonyl (C=O) groups is 1. The number of methoxy groups -OCH3 is 1. The molecule has 5 heteroatoms. The summed E-state index contributed by atoms with van der Waals surface area (Å²) in [5.41, 5.74) is 4.06. The number of fused-ring (bicyclic) bond motifs is 2. The highest BCUT2D eigenvalue weighted by atomic mass is 16.5. The first-order chi connectivity index (χ1) is 11.3. The zero-order valence-electron chi connectivity index (χ0n) is 12.8. The van der Waals surface area contributed by atoms with E-state index in [0.29, 0.717) is 31.1 Å². The van der Waals surface area contributed by atoms with Gasteiger partial charge in [-0.05, 0) is 6.07 Å². The van der Waals surface area contributed by atoms with Crippen LogP contribution in [-0.4, -0.2) is 35.9 Å². The Balaban J connectivity index is 1.85. The van der Waals surface area contributed by atoms with Gasteiger partial charge in [0, 0.05) is 29.2 Å². The van der Waals surface area contributed by atoms with Crippen molar-refractivity contribution in [2.75, 3.05) is 20.3 Å². The Morgan fingerprint density at radius 1 is 1.00 bits per heavy atom. The van der Waals surface area contributed by atoms with Gasteiger partial charge in [0.25, 0.3) is 0 Å². The molecule has 1 aliphatic carbocycles. The number of ether oxygens (including phenoxy) is 2. The van der Waals surface area contributed by atoms with E-state index in [1.807, 2.05) is 42.5 Å². The van der Waals surface area contributed by atoms with E-state index in [2.05, 4.69) is 0 Å². The van der Waals surface area contributed by atoms with Crippen LogP contribution in [-0.2, 0) is 16.2 Å². The van der Waals surface area contributed by atoms with Gasteiger partial charge in [-0.3, -0.25) is 4.79 Å². The topological polar surface area (TPSA) is 53.4 Å². The van der Waals surface area contributed by atoms with E-state index in [9.17, 15) is 4.79 Å². The largest absolute Gasteiger partial charge is 0.382 e. The van der Waals surface area contributed by atoms with Crippen LogP contribution in [0, 0.1) is 0 Å². The van der Waals surface area contributed by atoms with Crippen molar-refractivity contribution in [3.05, 3.63) is 53.6 Å². The van der Waals surface area contributed by atoms with Crippen LogP contribution in [0.25, 0.3) is 22.2 Å². The maximum absolute atomic E-state index is 12.7. The van der Waals surface area contributed by atoms with Gasteiger partial charge >= 0.3 is 0 Å². The van der Waals surface area contributed by atoms with Crippen LogP contribution >= 0.6 is 0 Å². The van der Waals surface area contributed by atoms with Gasteiger partial charge in [0.15, 0.2) is 5.78 Å². The average molecular weight is 308 g/mol. The summed E-state index contributed by atoms with van der Waals surface area (Å²) in [6.45, 7) is 1.38. The first kappa shape index (κ1) is 14.1. The van der Waals surface area contributed by atoms with Gasteiger partial charge in [0.2, 0.25) is 0 Å². The molecule has 0 amide bonds. The lowest BCUT2D eigenvalue weighted by molar-refractivity contribution is 0.0309. The first-order valence-corrected chi connectivity index (χ1v) is 7.51. The molecule has 1 aromatic heterocycles. The third-order valence-corrected chi connectivity index (χ3v) is 4.09. The van der Waals surface area contributed by atoms with Gasteiger partial charge in [0.05, 0.1) is 18.7 Å². The summed E-state index contributed by atoms with van der Waals surface area (Å²) in [7, 11) is 1.64. The molecule has 0 saturated carbocycles. The Hall–Kier alpha value is -2.50. The zero-order chi connectivity index (χ0) is 15.8. The fourth-order valence-electron chi connectivity index (χ4n) is 3.03. The summed E-state index contributed by atoms with van der Waals surface area (Å²) in [5.74, 6) is 0.0542. The van der Waals surface area contributed by atoms with Crippen molar-refractivity contribution in [3.63, 3.8) is 0 Å². The van der Waals surface area contributed by atoms with Crippen LogP contribution in [0.15, 0.2) is 42.5 Å². The summed E-state index contributed by atoms with van der Waals surface area (Å²) in [4.78, 5) is 12.7. The number of benzene rings is 2. The van der Waals surface area contributed by atoms with Crippen molar-refractivity contribution >= 4 is 16.7 Å². The Morgan fingerprint density at radius 2 is 1.78 bits per heavy atom. The molecular weight excluding hydrogens is 292 g/mol. The minimum Gasteiger partial charge on any atom is -0.382 e. The summed E-state index contributed by atoms with van der Waals surface area (Å²) in [5, 5.41) is 5.60. The minimum atomic E-state index is 0.0542. The van der Waals surface area contributed by atoms with Gasteiger partial charge in [-0.15, -0.1) is 0 Å². The summed E-state index contributed by atoms with van der Waals surface area (Å²) in [6, 6.07) is 13.3. The predicted molar refractivity (Wildman–Crippen MR) is 86.4 cm³/mol. The summed E-state index contributed by atoms with van der Waals surface area (Å²) < 4.78 is 12.4. The highest BCUT2D eigenvalue weighted by Crippen LogP contribution is 2.38. The van der Waals surface area contributed by atoms with Gasteiger partial charge in [-0.1, -0.05) is 36.4 Å². The van der Waals surface area contributed by atoms with Gasteiger partial charge in [-0.2, -0.15) is 5.10 Å². The number of aromatic nitrogens is 2. The summed E-state index contributed by atoms with van der Waals surface area (Å²) >= 11 is 0. The molecule has 5 nitrogen and oxygen atoms in total. The Morgan fingerprint density at radius 3 is 2.61 bits per heavy atom. The van der Waals surface area contributed by atoms with Crippen molar-refractivity contribution in [2.24, 2.45) is 0 Å². The van der Waals surface area contributed by atoms with Gasteiger partial charge < -0.3 is 9.47 Å². The second-order valence-corrected chi connectivity index (χ2v) is 5.45. The van der Waals surface area contributed by atoms with E-state index >= 15 is 0 Å². The first-order valence-electron chi connectivity index (χ1n) is 7.51. The Labute approximate surface area is 133 Å². The van der Waals surface area contributed by atoms with Crippen LogP contribution in [0.5, 0.6) is 0 Å². The van der Waals surface area contributed by atoms with Gasteiger partial charge in [-0.25, -0.2) is 4.68 Å². The lowest BCUT2D eigenvalue weighted by atomic mass is 9.87. The van der Waals surface area contributed by atoms with Crippen LogP contribution in [0.2, 0.25) is 0 Å². The van der Waals surface area contributed by atoms with E-state index in [4.69, 9.17) is 14.6 Å². The van der Waals surface area contributed by atoms with Crippen molar-refractivity contribution in [1.29, 1.82) is 0 Å². The van der Waals surface area contributed by atoms with E-state index in [0.717, 1.165) is 22.2 Å². The molecule has 1 aliphatic rings. The third-order valence-electron chi connectivity index (χ3n) is 4.09. The molecule has 0 unspecified atom stereocenters. The fraction of sp³-hybridized carbons (Fsp3) is 0.222. The van der Waals surface area contributed by atoms with Gasteiger partial charge in [0.1, 0.15) is 12.4 Å². The standard InChI is InChI=1S/C18H16N2O3/c1-22-9-10-23-11-20-15-8-4-7-14-16(15)17(19-20)12-5-2-3-6-13(12)18(14)21/h2-8H,9-11H2,1H3. The average Bonchev–Trinajstić information content (AvgIpc) is 2.96. The van der Waals surface area contributed by atoms with E-state index in [1.54, 1.807) is 11.8 Å². The molecule has 4 rings (SSSR count). The smallest absolute Gasteiger partial charge is 0.194 e. The summed E-state index contributed by atoms with van der Waals surface area (Å²) in [6.07, 6.45) is 0. The predicted octanol–water partition coefficient (Wildman–Crippen LogP) is 2.87. The number of hydrogen-bond acceptors (Lipinski definition) is 4. The molecule has 0 bridgehead atoms. The van der Waals surface area contributed by atoms with E-state index in [1.165, 1.54) is 0 Å². The Kier molecular flexibility index (Phi) is 3.44. The quantitative estimate of drug-likeness (QED) is 0.532. The molecule has 0 fully saturated rings. The molecule has 0 atom stereocenters. The number of ketones is 1. The fourth-order valence-corrected chi connectivity index (χ4v) is 3.03. The highest BCUT2D eigenvalue weighted by Gasteiger charge is 2.28. The van der Waals surface area contributed by atoms with E-state index < -0.39 is 0 Å². The Bertz CT molecular complexity index is 898. The van der Waals surface area contributed by atoms with Crippen LogP contribution in [0.1, 0.15) is 15.9 Å². The van der Waals surface area contributed by atoms with E-state index in [-0.39, 0.29) is 5.78 Å². The molecule has 1 heterocycles. The molecule has 116 valence electrons. The monoisotopic (exact) mass is 308 g/mol. The van der Waals surface area contributed by atoms with Crippen molar-refractivity contribution in [3.8, 4) is 11.3 Å². The lowest BCUT2D eigenvalue weighted by Gasteiger charge is -2.13. The third kappa shape index (κ3) is 2.17. The SMILES string of the molecule is COCCOCn1nc2c3c(cccc31)C(=O)c1ccccc1-2. The molecule has 0 radical (unpaired) electrons. The normalized spacial score (nSPS) is 12.7. The molecule has 23 heavy (non-hydrogen) atoms. The maximum atomic E-state index is 12.7. The molecular formula is C18H16N2O3. The second-order valence-electron chi connectivity index (χ2n) is 5.45. The molecule has 2 aromatic carbocycles. The molecule has 0 aliphatic heterocycles. The number of carbonyl (C=O) groups excluding carboxylic acids is 1. The molecule has 3 aromatic rings. The van der Waals surface area contributed by atoms with Crippen LogP contribution < -0.4 is 0 Å². The van der Waals surface area contributed by atoms with Crippen LogP contribution in [0.3, 0.4) is 0 Å². The zero-order valence-corrected chi connectivity index (χ0v) is 12.8. The number of hydrogen-bond donors (Lipinski definition) is 0. The highest BCUT2D eigenvalue weighted by molar-refractivity contribution is 6.24. The minimum absolute atomic E-state index is 0.0542. The van der Waals surface area contributed by atoms with Crippen molar-refractivity contribution in [2.45, 2.75) is 6.73 Å². The second kappa shape index (κ2) is 5.61. The lowest BCUT2D eigenvalue weighted by Crippen LogP contribution is -2.08. The maximum Gasteiger partial charge on any atom is 0.194 e. The van der Waals surface area contributed by atoms with Crippen molar-refractivity contribution < 1.29 is 14.3 Å². The van der Waals surface area contributed by atoms with Crippen molar-refractivity contribution in [1.82, 2.24) is 9.78 Å².